The van der Waals surface area contributed by atoms with Crippen LogP contribution in [0.25, 0.3) is 0 Å². The number of likely N-dealkylation sites (tertiary alicyclic amines) is 1. The van der Waals surface area contributed by atoms with E-state index in [1.54, 1.807) is 0 Å². The van der Waals surface area contributed by atoms with Crippen LogP contribution in [0.15, 0.2) is 0 Å². The lowest BCUT2D eigenvalue weighted by molar-refractivity contribution is -0.130. The van der Waals surface area contributed by atoms with Crippen molar-refractivity contribution in [2.75, 3.05) is 32.8 Å². The van der Waals surface area contributed by atoms with Gasteiger partial charge in [-0.15, -0.1) is 0 Å². The van der Waals surface area contributed by atoms with Gasteiger partial charge in [0.1, 0.15) is 0 Å². The minimum absolute atomic E-state index is 0.0358. The number of carbonyl (C=O) groups excluding carboxylic acids is 2. The van der Waals surface area contributed by atoms with Crippen LogP contribution in [-0.2, 0) is 14.3 Å². The summed E-state index contributed by atoms with van der Waals surface area (Å²) in [6.07, 6.45) is 3.57. The first-order chi connectivity index (χ1) is 7.83. The van der Waals surface area contributed by atoms with E-state index in [1.165, 1.54) is 12.8 Å². The molecule has 0 aromatic carbocycles. The van der Waals surface area contributed by atoms with Crippen LogP contribution in [0, 0.1) is 0 Å². The van der Waals surface area contributed by atoms with Gasteiger partial charge in [-0.2, -0.15) is 0 Å². The molecule has 16 heavy (non-hydrogen) atoms. The van der Waals surface area contributed by atoms with E-state index in [4.69, 9.17) is 0 Å². The summed E-state index contributed by atoms with van der Waals surface area (Å²) >= 11 is 0. The third-order valence-corrected chi connectivity index (χ3v) is 2.68. The zero-order valence-corrected chi connectivity index (χ0v) is 9.61. The molecule has 5 nitrogen and oxygen atoms in total. The average Bonchev–Trinajstić information content (AvgIpc) is 2.77. The molecular weight excluding hydrogens is 208 g/mol. The second kappa shape index (κ2) is 8.10. The molecule has 1 N–H and O–H groups in total. The van der Waals surface area contributed by atoms with E-state index in [2.05, 4.69) is 15.0 Å². The van der Waals surface area contributed by atoms with E-state index in [0.717, 1.165) is 19.6 Å². The van der Waals surface area contributed by atoms with Gasteiger partial charge in [0.05, 0.1) is 6.61 Å². The summed E-state index contributed by atoms with van der Waals surface area (Å²) in [6, 6.07) is 0. The third-order valence-electron chi connectivity index (χ3n) is 2.68. The van der Waals surface area contributed by atoms with E-state index in [0.29, 0.717) is 32.5 Å². The van der Waals surface area contributed by atoms with Crippen molar-refractivity contribution < 1.29 is 14.3 Å². The summed E-state index contributed by atoms with van der Waals surface area (Å²) in [6.45, 7) is 4.70. The molecule has 1 amide bonds. The maximum absolute atomic E-state index is 11.3. The highest BCUT2D eigenvalue weighted by Gasteiger charge is 2.10. The number of nitrogens with one attached hydrogen (secondary N) is 1. The van der Waals surface area contributed by atoms with Gasteiger partial charge in [-0.3, -0.25) is 9.59 Å². The molecule has 1 saturated heterocycles. The molecule has 0 aliphatic carbocycles. The van der Waals surface area contributed by atoms with Crippen LogP contribution in [-0.4, -0.2) is 50.1 Å². The summed E-state index contributed by atoms with van der Waals surface area (Å²) in [4.78, 5) is 23.5. The molecule has 0 aromatic heterocycles. The van der Waals surface area contributed by atoms with Gasteiger partial charge in [0.15, 0.2) is 0 Å². The normalized spacial score (nSPS) is 16.0. The summed E-state index contributed by atoms with van der Waals surface area (Å²) in [5.41, 5.74) is 0. The fourth-order valence-electron chi connectivity index (χ4n) is 1.81. The molecule has 0 unspecified atom stereocenters. The first-order valence-electron chi connectivity index (χ1n) is 5.87. The fourth-order valence-corrected chi connectivity index (χ4v) is 1.81. The molecule has 0 atom stereocenters. The van der Waals surface area contributed by atoms with Gasteiger partial charge in [0.2, 0.25) is 5.91 Å². The second-order valence-electron chi connectivity index (χ2n) is 3.97. The lowest BCUT2D eigenvalue weighted by atomic mass is 10.3. The van der Waals surface area contributed by atoms with Crippen molar-refractivity contribution in [3.8, 4) is 0 Å². The Hall–Kier alpha value is -1.10. The van der Waals surface area contributed by atoms with Crippen molar-refractivity contribution in [1.82, 2.24) is 10.2 Å². The number of hydrogen-bond donors (Lipinski definition) is 1. The molecular formula is C11H20N2O3. The molecule has 92 valence electrons. The quantitative estimate of drug-likeness (QED) is 0.474. The van der Waals surface area contributed by atoms with Gasteiger partial charge >= 0.3 is 0 Å². The Kier molecular flexibility index (Phi) is 6.56. The molecule has 0 radical (unpaired) electrons. The first kappa shape index (κ1) is 13.0. The van der Waals surface area contributed by atoms with Gasteiger partial charge in [-0.25, -0.2) is 0 Å². The Balaban J connectivity index is 1.91. The number of hydrogen-bond acceptors (Lipinski definition) is 4. The van der Waals surface area contributed by atoms with E-state index >= 15 is 0 Å². The largest absolute Gasteiger partial charge is 0.468 e. The maximum atomic E-state index is 11.3. The van der Waals surface area contributed by atoms with Crippen LogP contribution in [0.2, 0.25) is 0 Å². The van der Waals surface area contributed by atoms with Gasteiger partial charge in [-0.1, -0.05) is 0 Å². The van der Waals surface area contributed by atoms with Crippen LogP contribution in [0.3, 0.4) is 0 Å². The molecule has 0 bridgehead atoms. The minimum Gasteiger partial charge on any atom is -0.468 e. The van der Waals surface area contributed by atoms with E-state index in [1.807, 2.05) is 0 Å². The number of amides is 1. The van der Waals surface area contributed by atoms with Gasteiger partial charge < -0.3 is 15.0 Å². The van der Waals surface area contributed by atoms with E-state index in [-0.39, 0.29) is 5.91 Å². The second-order valence-corrected chi connectivity index (χ2v) is 3.97. The highest BCUT2D eigenvalue weighted by atomic mass is 16.5. The van der Waals surface area contributed by atoms with Gasteiger partial charge in [0.25, 0.3) is 6.47 Å². The van der Waals surface area contributed by atoms with Crippen molar-refractivity contribution in [2.24, 2.45) is 0 Å². The topological polar surface area (TPSA) is 58.6 Å². The highest BCUT2D eigenvalue weighted by Crippen LogP contribution is 2.05. The predicted octanol–water partition coefficient (Wildman–Crippen LogP) is 0.152. The molecule has 1 fully saturated rings. The Morgan fingerprint density at radius 1 is 1.38 bits per heavy atom. The smallest absolute Gasteiger partial charge is 0.293 e. The Bertz CT molecular complexity index is 215. The minimum atomic E-state index is 0.0358. The summed E-state index contributed by atoms with van der Waals surface area (Å²) in [5, 5.41) is 2.86. The fraction of sp³-hybridized carbons (Fsp3) is 0.818. The Morgan fingerprint density at radius 3 is 2.81 bits per heavy atom. The summed E-state index contributed by atoms with van der Waals surface area (Å²) < 4.78 is 4.50. The predicted molar refractivity (Wildman–Crippen MR) is 59.9 cm³/mol. The van der Waals surface area contributed by atoms with Gasteiger partial charge in [0, 0.05) is 19.5 Å². The van der Waals surface area contributed by atoms with Gasteiger partial charge in [-0.05, 0) is 32.4 Å². The van der Waals surface area contributed by atoms with E-state index in [9.17, 15) is 9.59 Å². The first-order valence-corrected chi connectivity index (χ1v) is 5.87. The molecule has 1 heterocycles. The van der Waals surface area contributed by atoms with Crippen molar-refractivity contribution in [3.05, 3.63) is 0 Å². The highest BCUT2D eigenvalue weighted by molar-refractivity contribution is 5.75. The zero-order chi connectivity index (χ0) is 11.6. The standard InChI is InChI=1S/C11H20N2O3/c14-10-16-9-3-4-11(15)12-5-8-13-6-1-2-7-13/h10H,1-9H2,(H,12,15). The maximum Gasteiger partial charge on any atom is 0.293 e. The molecule has 1 aliphatic heterocycles. The van der Waals surface area contributed by atoms with Crippen molar-refractivity contribution in [3.63, 3.8) is 0 Å². The molecule has 1 aliphatic rings. The summed E-state index contributed by atoms with van der Waals surface area (Å²) in [5.74, 6) is 0.0358. The van der Waals surface area contributed by atoms with Crippen LogP contribution < -0.4 is 5.32 Å². The van der Waals surface area contributed by atoms with Crippen LogP contribution in [0.4, 0.5) is 0 Å². The lowest BCUT2D eigenvalue weighted by Gasteiger charge is -2.14. The summed E-state index contributed by atoms with van der Waals surface area (Å²) in [7, 11) is 0. The van der Waals surface area contributed by atoms with Crippen molar-refractivity contribution in [2.45, 2.75) is 25.7 Å². The number of ether oxygens (including phenoxy) is 1. The monoisotopic (exact) mass is 228 g/mol. The van der Waals surface area contributed by atoms with E-state index < -0.39 is 0 Å². The molecule has 0 saturated carbocycles. The molecule has 0 spiro atoms. The van der Waals surface area contributed by atoms with Crippen LogP contribution >= 0.6 is 0 Å². The lowest BCUT2D eigenvalue weighted by Crippen LogP contribution is -2.33. The van der Waals surface area contributed by atoms with Crippen LogP contribution in [0.5, 0.6) is 0 Å². The van der Waals surface area contributed by atoms with Crippen molar-refractivity contribution in [1.29, 1.82) is 0 Å². The number of carbonyl (C=O) groups is 2. The Labute approximate surface area is 96.1 Å². The average molecular weight is 228 g/mol. The molecule has 5 heteroatoms. The number of nitrogens with zero attached hydrogens (tertiary/aromatic N) is 1. The molecule has 0 aromatic rings. The third kappa shape index (κ3) is 5.70. The zero-order valence-electron chi connectivity index (χ0n) is 9.61. The molecule has 1 rings (SSSR count). The Morgan fingerprint density at radius 2 is 2.12 bits per heavy atom. The van der Waals surface area contributed by atoms with Crippen molar-refractivity contribution >= 4 is 12.4 Å². The van der Waals surface area contributed by atoms with Crippen LogP contribution in [0.1, 0.15) is 25.7 Å². The SMILES string of the molecule is O=COCCCC(=O)NCCN1CCCC1. The number of rotatable bonds is 8.